The molecule has 2 atom stereocenters. The van der Waals surface area contributed by atoms with Crippen LogP contribution in [-0.4, -0.2) is 29.3 Å². The number of aliphatic hydroxyl groups excluding tert-OH is 1. The summed E-state index contributed by atoms with van der Waals surface area (Å²) >= 11 is 0. The highest BCUT2D eigenvalue weighted by molar-refractivity contribution is 5.74. The van der Waals surface area contributed by atoms with Gasteiger partial charge in [-0.25, -0.2) is 9.18 Å². The largest absolute Gasteiger partial charge is 0.396 e. The van der Waals surface area contributed by atoms with E-state index in [1.54, 1.807) is 12.3 Å². The smallest absolute Gasteiger partial charge is 0.315 e. The van der Waals surface area contributed by atoms with Gasteiger partial charge in [0, 0.05) is 31.0 Å². The number of aromatic nitrogens is 1. The van der Waals surface area contributed by atoms with Gasteiger partial charge in [0.25, 0.3) is 0 Å². The van der Waals surface area contributed by atoms with Gasteiger partial charge in [-0.1, -0.05) is 18.2 Å². The Balaban J connectivity index is 1.51. The van der Waals surface area contributed by atoms with E-state index in [1.165, 1.54) is 6.07 Å². The van der Waals surface area contributed by atoms with Crippen molar-refractivity contribution in [3.63, 3.8) is 0 Å². The summed E-state index contributed by atoms with van der Waals surface area (Å²) in [4.78, 5) is 16.4. The molecule has 25 heavy (non-hydrogen) atoms. The molecule has 1 aromatic heterocycles. The molecule has 3 rings (SSSR count). The van der Waals surface area contributed by atoms with E-state index >= 15 is 0 Å². The van der Waals surface area contributed by atoms with E-state index in [-0.39, 0.29) is 30.4 Å². The lowest BCUT2D eigenvalue weighted by Gasteiger charge is -2.18. The predicted molar refractivity (Wildman–Crippen MR) is 92.5 cm³/mol. The molecule has 0 fully saturated rings. The van der Waals surface area contributed by atoms with E-state index in [2.05, 4.69) is 15.6 Å². The van der Waals surface area contributed by atoms with E-state index in [0.29, 0.717) is 31.4 Å². The van der Waals surface area contributed by atoms with Crippen LogP contribution in [0.15, 0.2) is 42.6 Å². The van der Waals surface area contributed by atoms with Crippen LogP contribution in [0.1, 0.15) is 29.3 Å². The van der Waals surface area contributed by atoms with Crippen molar-refractivity contribution in [2.45, 2.75) is 25.3 Å². The van der Waals surface area contributed by atoms with Gasteiger partial charge < -0.3 is 15.7 Å². The molecule has 1 aromatic carbocycles. The van der Waals surface area contributed by atoms with E-state index in [9.17, 15) is 14.3 Å². The van der Waals surface area contributed by atoms with Gasteiger partial charge in [-0.2, -0.15) is 0 Å². The molecule has 0 aliphatic heterocycles. The zero-order valence-corrected chi connectivity index (χ0v) is 13.9. The monoisotopic (exact) mass is 343 g/mol. The number of halogens is 1. The Hall–Kier alpha value is -2.47. The number of hydrogen-bond donors (Lipinski definition) is 3. The lowest BCUT2D eigenvalue weighted by atomic mass is 10.0. The number of benzene rings is 1. The maximum Gasteiger partial charge on any atom is 0.315 e. The van der Waals surface area contributed by atoms with Crippen LogP contribution in [0.3, 0.4) is 0 Å². The minimum Gasteiger partial charge on any atom is -0.396 e. The molecule has 0 saturated carbocycles. The van der Waals surface area contributed by atoms with Crippen LogP contribution in [0.25, 0.3) is 0 Å². The highest BCUT2D eigenvalue weighted by Crippen LogP contribution is 2.32. The van der Waals surface area contributed by atoms with Gasteiger partial charge in [0.15, 0.2) is 0 Å². The molecule has 1 aliphatic carbocycles. The summed E-state index contributed by atoms with van der Waals surface area (Å²) in [5, 5.41) is 15.2. The number of rotatable bonds is 6. The minimum absolute atomic E-state index is 0.0334. The number of nitrogens with one attached hydrogen (secondary N) is 2. The van der Waals surface area contributed by atoms with Crippen molar-refractivity contribution in [2.24, 2.45) is 5.92 Å². The maximum absolute atomic E-state index is 13.7. The standard InChI is InChI=1S/C19H22FN3O2/c20-17-6-3-5-16-15(17)7-8-18(16)23-19(25)22-11-13(12-24)10-14-4-1-2-9-21-14/h1-6,9,13,18,24H,7-8,10-12H2,(H2,22,23,25)/t13-,18-/m0/s1. The second-order valence-corrected chi connectivity index (χ2v) is 6.33. The summed E-state index contributed by atoms with van der Waals surface area (Å²) in [6, 6.07) is 10.1. The van der Waals surface area contributed by atoms with Crippen molar-refractivity contribution >= 4 is 6.03 Å². The number of urea groups is 1. The molecule has 2 aromatic rings. The second-order valence-electron chi connectivity index (χ2n) is 6.33. The normalized spacial score (nSPS) is 17.0. The third-order valence-corrected chi connectivity index (χ3v) is 4.55. The molecule has 1 aliphatic rings. The molecule has 5 nitrogen and oxygen atoms in total. The van der Waals surface area contributed by atoms with Crippen molar-refractivity contribution in [1.82, 2.24) is 15.6 Å². The summed E-state index contributed by atoms with van der Waals surface area (Å²) in [5.74, 6) is -0.313. The van der Waals surface area contributed by atoms with Crippen molar-refractivity contribution in [2.75, 3.05) is 13.2 Å². The molecule has 0 unspecified atom stereocenters. The first kappa shape index (κ1) is 17.4. The molecule has 132 valence electrons. The highest BCUT2D eigenvalue weighted by atomic mass is 19.1. The molecule has 0 radical (unpaired) electrons. The topological polar surface area (TPSA) is 74.2 Å². The van der Waals surface area contributed by atoms with Crippen molar-refractivity contribution < 1.29 is 14.3 Å². The van der Waals surface area contributed by atoms with Crippen LogP contribution < -0.4 is 10.6 Å². The molecular weight excluding hydrogens is 321 g/mol. The zero-order chi connectivity index (χ0) is 17.6. The molecule has 1 heterocycles. The first-order chi connectivity index (χ1) is 12.2. The third-order valence-electron chi connectivity index (χ3n) is 4.55. The fraction of sp³-hybridized carbons (Fsp3) is 0.368. The van der Waals surface area contributed by atoms with Crippen LogP contribution in [0.2, 0.25) is 0 Å². The third kappa shape index (κ3) is 4.33. The van der Waals surface area contributed by atoms with E-state index in [0.717, 1.165) is 11.3 Å². The molecule has 0 spiro atoms. The van der Waals surface area contributed by atoms with Gasteiger partial charge in [-0.15, -0.1) is 0 Å². The molecular formula is C19H22FN3O2. The minimum atomic E-state index is -0.304. The number of carbonyl (C=O) groups is 1. The number of pyridine rings is 1. The number of carbonyl (C=O) groups excluding carboxylic acids is 1. The Morgan fingerprint density at radius 2 is 2.20 bits per heavy atom. The Morgan fingerprint density at radius 1 is 1.32 bits per heavy atom. The number of hydrogen-bond acceptors (Lipinski definition) is 3. The summed E-state index contributed by atoms with van der Waals surface area (Å²) in [7, 11) is 0. The fourth-order valence-electron chi connectivity index (χ4n) is 3.22. The van der Waals surface area contributed by atoms with Crippen LogP contribution >= 0.6 is 0 Å². The summed E-state index contributed by atoms with van der Waals surface area (Å²) in [6.45, 7) is 0.315. The van der Waals surface area contributed by atoms with Gasteiger partial charge in [-0.3, -0.25) is 4.98 Å². The quantitative estimate of drug-likeness (QED) is 0.754. The van der Waals surface area contributed by atoms with Gasteiger partial charge in [0.05, 0.1) is 6.04 Å². The average Bonchev–Trinajstić information content (AvgIpc) is 3.04. The Labute approximate surface area is 146 Å². The highest BCUT2D eigenvalue weighted by Gasteiger charge is 2.26. The Kier molecular flexibility index (Phi) is 5.60. The van der Waals surface area contributed by atoms with Gasteiger partial charge in [-0.05, 0) is 48.6 Å². The molecule has 0 saturated heterocycles. The van der Waals surface area contributed by atoms with E-state index < -0.39 is 0 Å². The van der Waals surface area contributed by atoms with Crippen LogP contribution in [0, 0.1) is 11.7 Å². The molecule has 2 amide bonds. The average molecular weight is 343 g/mol. The Bertz CT molecular complexity index is 724. The van der Waals surface area contributed by atoms with Crippen molar-refractivity contribution in [3.05, 3.63) is 65.2 Å². The molecule has 0 bridgehead atoms. The number of fused-ring (bicyclic) bond motifs is 1. The number of aliphatic hydroxyl groups is 1. The van der Waals surface area contributed by atoms with Gasteiger partial charge >= 0.3 is 6.03 Å². The van der Waals surface area contributed by atoms with Gasteiger partial charge in [0.1, 0.15) is 5.82 Å². The van der Waals surface area contributed by atoms with Crippen LogP contribution in [0.5, 0.6) is 0 Å². The van der Waals surface area contributed by atoms with E-state index in [4.69, 9.17) is 0 Å². The lowest BCUT2D eigenvalue weighted by Crippen LogP contribution is -2.40. The second kappa shape index (κ2) is 8.07. The summed E-state index contributed by atoms with van der Waals surface area (Å²) < 4.78 is 13.7. The predicted octanol–water partition coefficient (Wildman–Crippen LogP) is 2.36. The zero-order valence-electron chi connectivity index (χ0n) is 13.9. The first-order valence-corrected chi connectivity index (χ1v) is 8.49. The molecule has 3 N–H and O–H groups in total. The van der Waals surface area contributed by atoms with Gasteiger partial charge in [0.2, 0.25) is 0 Å². The van der Waals surface area contributed by atoms with Crippen LogP contribution in [-0.2, 0) is 12.8 Å². The lowest BCUT2D eigenvalue weighted by molar-refractivity contribution is 0.212. The summed E-state index contributed by atoms with van der Waals surface area (Å²) in [6.07, 6.45) is 3.63. The van der Waals surface area contributed by atoms with E-state index in [1.807, 2.05) is 24.3 Å². The first-order valence-electron chi connectivity index (χ1n) is 8.49. The Morgan fingerprint density at radius 3 is 2.96 bits per heavy atom. The van der Waals surface area contributed by atoms with Crippen molar-refractivity contribution in [1.29, 1.82) is 0 Å². The van der Waals surface area contributed by atoms with Crippen LogP contribution in [0.4, 0.5) is 9.18 Å². The molecule has 6 heteroatoms. The summed E-state index contributed by atoms with van der Waals surface area (Å²) in [5.41, 5.74) is 2.42. The fourth-order valence-corrected chi connectivity index (χ4v) is 3.22. The number of amides is 2. The van der Waals surface area contributed by atoms with Crippen molar-refractivity contribution in [3.8, 4) is 0 Å². The number of nitrogens with zero attached hydrogens (tertiary/aromatic N) is 1. The SMILES string of the molecule is O=C(NC[C@@H](CO)Cc1ccccn1)N[C@H]1CCc2c(F)cccc21. The maximum atomic E-state index is 13.7.